The molecule has 2 heteroatoms. The van der Waals surface area contributed by atoms with Crippen molar-refractivity contribution in [2.45, 2.75) is 18.4 Å². The zero-order valence-electron chi connectivity index (χ0n) is 10.0. The molecular weight excluding hydrogens is 226 g/mol. The molecule has 17 heavy (non-hydrogen) atoms. The predicted octanol–water partition coefficient (Wildman–Crippen LogP) is 3.92. The molecule has 0 heterocycles. The minimum Gasteiger partial charge on any atom is -0.326 e. The zero-order valence-corrected chi connectivity index (χ0v) is 10.8. The summed E-state index contributed by atoms with van der Waals surface area (Å²) < 4.78 is 0. The Kier molecular flexibility index (Phi) is 4.24. The second kappa shape index (κ2) is 5.89. The summed E-state index contributed by atoms with van der Waals surface area (Å²) in [6.07, 6.45) is 0. The Morgan fingerprint density at radius 3 is 2.41 bits per heavy atom. The van der Waals surface area contributed by atoms with Crippen LogP contribution in [0.4, 0.5) is 0 Å². The third kappa shape index (κ3) is 2.71. The minimum absolute atomic E-state index is 0.600. The standard InChI is InChI=1S/C15H17NS/c1-2-17-15-13(11-16)9-6-10-14(15)12-7-4-3-5-8-12/h3-10H,2,11,16H2,1H3. The first-order chi connectivity index (χ1) is 8.36. The molecule has 0 aliphatic heterocycles. The highest BCUT2D eigenvalue weighted by Gasteiger charge is 2.08. The molecule has 2 N–H and O–H groups in total. The van der Waals surface area contributed by atoms with Crippen molar-refractivity contribution in [3.8, 4) is 11.1 Å². The predicted molar refractivity (Wildman–Crippen MR) is 76.2 cm³/mol. The van der Waals surface area contributed by atoms with Gasteiger partial charge in [-0.15, -0.1) is 11.8 Å². The number of nitrogens with two attached hydrogens (primary N) is 1. The lowest BCUT2D eigenvalue weighted by atomic mass is 10.0. The molecule has 0 amide bonds. The van der Waals surface area contributed by atoms with E-state index >= 15 is 0 Å². The largest absolute Gasteiger partial charge is 0.326 e. The molecule has 0 spiro atoms. The van der Waals surface area contributed by atoms with E-state index in [1.165, 1.54) is 21.6 Å². The number of thioether (sulfide) groups is 1. The van der Waals surface area contributed by atoms with Gasteiger partial charge in [0.15, 0.2) is 0 Å². The molecule has 0 saturated carbocycles. The highest BCUT2D eigenvalue weighted by molar-refractivity contribution is 7.99. The average Bonchev–Trinajstić information content (AvgIpc) is 2.40. The third-order valence-electron chi connectivity index (χ3n) is 2.69. The summed E-state index contributed by atoms with van der Waals surface area (Å²) in [5.74, 6) is 1.07. The van der Waals surface area contributed by atoms with Gasteiger partial charge >= 0.3 is 0 Å². The zero-order chi connectivity index (χ0) is 12.1. The van der Waals surface area contributed by atoms with Crippen LogP contribution in [0.25, 0.3) is 11.1 Å². The van der Waals surface area contributed by atoms with Crippen LogP contribution in [-0.4, -0.2) is 5.75 Å². The van der Waals surface area contributed by atoms with Crippen LogP contribution >= 0.6 is 11.8 Å². The number of hydrogen-bond donors (Lipinski definition) is 1. The van der Waals surface area contributed by atoms with Gasteiger partial charge in [0.1, 0.15) is 0 Å². The van der Waals surface area contributed by atoms with E-state index in [2.05, 4.69) is 49.4 Å². The Hall–Kier alpha value is -1.25. The molecule has 2 aromatic carbocycles. The van der Waals surface area contributed by atoms with Crippen LogP contribution in [0.5, 0.6) is 0 Å². The molecule has 2 rings (SSSR count). The van der Waals surface area contributed by atoms with Gasteiger partial charge in [0, 0.05) is 11.4 Å². The maximum atomic E-state index is 5.81. The van der Waals surface area contributed by atoms with Crippen molar-refractivity contribution < 1.29 is 0 Å². The van der Waals surface area contributed by atoms with Crippen LogP contribution in [0.2, 0.25) is 0 Å². The van der Waals surface area contributed by atoms with Crippen LogP contribution < -0.4 is 5.73 Å². The number of benzene rings is 2. The first kappa shape index (κ1) is 12.2. The van der Waals surface area contributed by atoms with Crippen LogP contribution in [0, 0.1) is 0 Å². The molecular formula is C15H17NS. The van der Waals surface area contributed by atoms with E-state index in [-0.39, 0.29) is 0 Å². The molecule has 2 aromatic rings. The minimum atomic E-state index is 0.600. The molecule has 0 aliphatic carbocycles. The van der Waals surface area contributed by atoms with Gasteiger partial charge in [0.25, 0.3) is 0 Å². The molecule has 0 radical (unpaired) electrons. The lowest BCUT2D eigenvalue weighted by Gasteiger charge is -2.12. The topological polar surface area (TPSA) is 26.0 Å². The van der Waals surface area contributed by atoms with E-state index in [4.69, 9.17) is 5.73 Å². The summed E-state index contributed by atoms with van der Waals surface area (Å²) >= 11 is 1.87. The summed E-state index contributed by atoms with van der Waals surface area (Å²) in [5, 5.41) is 0. The summed E-state index contributed by atoms with van der Waals surface area (Å²) in [6.45, 7) is 2.77. The Labute approximate surface area is 107 Å². The SMILES string of the molecule is CCSc1c(CN)cccc1-c1ccccc1. The van der Waals surface area contributed by atoms with Crippen LogP contribution in [-0.2, 0) is 6.54 Å². The molecule has 0 saturated heterocycles. The van der Waals surface area contributed by atoms with Gasteiger partial charge in [-0.25, -0.2) is 0 Å². The van der Waals surface area contributed by atoms with Crippen molar-refractivity contribution >= 4 is 11.8 Å². The second-order valence-corrected chi connectivity index (χ2v) is 5.07. The highest BCUT2D eigenvalue weighted by atomic mass is 32.2. The quantitative estimate of drug-likeness (QED) is 0.824. The molecule has 0 aliphatic rings. The van der Waals surface area contributed by atoms with Crippen molar-refractivity contribution in [2.75, 3.05) is 5.75 Å². The Morgan fingerprint density at radius 2 is 1.76 bits per heavy atom. The molecule has 0 bridgehead atoms. The average molecular weight is 243 g/mol. The first-order valence-corrected chi connectivity index (χ1v) is 6.85. The van der Waals surface area contributed by atoms with Gasteiger partial charge in [0.05, 0.1) is 0 Å². The summed E-state index contributed by atoms with van der Waals surface area (Å²) in [5.41, 5.74) is 9.60. The van der Waals surface area contributed by atoms with Gasteiger partial charge in [-0.1, -0.05) is 55.5 Å². The molecule has 88 valence electrons. The maximum Gasteiger partial charge on any atom is 0.0195 e. The van der Waals surface area contributed by atoms with E-state index in [0.29, 0.717) is 6.54 Å². The number of rotatable bonds is 4. The van der Waals surface area contributed by atoms with Crippen molar-refractivity contribution in [3.05, 3.63) is 54.1 Å². The van der Waals surface area contributed by atoms with Gasteiger partial charge in [-0.05, 0) is 22.4 Å². The fourth-order valence-corrected chi connectivity index (χ4v) is 2.87. The second-order valence-electron chi connectivity index (χ2n) is 3.80. The van der Waals surface area contributed by atoms with Gasteiger partial charge < -0.3 is 5.73 Å². The highest BCUT2D eigenvalue weighted by Crippen LogP contribution is 2.34. The van der Waals surface area contributed by atoms with E-state index in [1.54, 1.807) is 0 Å². The molecule has 0 fully saturated rings. The van der Waals surface area contributed by atoms with Crippen LogP contribution in [0.1, 0.15) is 12.5 Å². The van der Waals surface area contributed by atoms with Crippen molar-refractivity contribution in [1.82, 2.24) is 0 Å². The van der Waals surface area contributed by atoms with Crippen molar-refractivity contribution in [1.29, 1.82) is 0 Å². The van der Waals surface area contributed by atoms with Gasteiger partial charge in [-0.2, -0.15) is 0 Å². The van der Waals surface area contributed by atoms with Gasteiger partial charge in [0.2, 0.25) is 0 Å². The Morgan fingerprint density at radius 1 is 1.00 bits per heavy atom. The van der Waals surface area contributed by atoms with Crippen LogP contribution in [0.3, 0.4) is 0 Å². The maximum absolute atomic E-state index is 5.81. The first-order valence-electron chi connectivity index (χ1n) is 5.87. The fourth-order valence-electron chi connectivity index (χ4n) is 1.91. The third-order valence-corrected chi connectivity index (χ3v) is 3.75. The van der Waals surface area contributed by atoms with E-state index in [0.717, 1.165) is 5.75 Å². The lowest BCUT2D eigenvalue weighted by molar-refractivity contribution is 1.03. The summed E-state index contributed by atoms with van der Waals surface area (Å²) in [6, 6.07) is 16.9. The van der Waals surface area contributed by atoms with E-state index in [9.17, 15) is 0 Å². The fraction of sp³-hybridized carbons (Fsp3) is 0.200. The normalized spacial score (nSPS) is 10.5. The van der Waals surface area contributed by atoms with E-state index < -0.39 is 0 Å². The van der Waals surface area contributed by atoms with Crippen molar-refractivity contribution in [3.63, 3.8) is 0 Å². The van der Waals surface area contributed by atoms with Crippen LogP contribution in [0.15, 0.2) is 53.4 Å². The molecule has 0 unspecified atom stereocenters. The lowest BCUT2D eigenvalue weighted by Crippen LogP contribution is -1.99. The van der Waals surface area contributed by atoms with E-state index in [1.807, 2.05) is 17.8 Å². The summed E-state index contributed by atoms with van der Waals surface area (Å²) in [7, 11) is 0. The number of hydrogen-bond acceptors (Lipinski definition) is 2. The molecule has 1 nitrogen and oxygen atoms in total. The summed E-state index contributed by atoms with van der Waals surface area (Å²) in [4.78, 5) is 1.32. The van der Waals surface area contributed by atoms with Crippen molar-refractivity contribution in [2.24, 2.45) is 5.73 Å². The Balaban J connectivity index is 2.53. The Bertz CT molecular complexity index is 480. The smallest absolute Gasteiger partial charge is 0.0195 e. The molecule has 0 aromatic heterocycles. The molecule has 0 atom stereocenters. The monoisotopic (exact) mass is 243 g/mol. The van der Waals surface area contributed by atoms with Gasteiger partial charge in [-0.3, -0.25) is 0 Å².